The van der Waals surface area contributed by atoms with Gasteiger partial charge in [-0.25, -0.2) is 13.2 Å². The quantitative estimate of drug-likeness (QED) is 0.490. The Morgan fingerprint density at radius 2 is 1.65 bits per heavy atom. The Morgan fingerprint density at radius 3 is 2.29 bits per heavy atom. The number of nitrogens with one attached hydrogen (secondary N) is 2. The van der Waals surface area contributed by atoms with Crippen LogP contribution in [0.1, 0.15) is 15.9 Å². The van der Waals surface area contributed by atoms with Crippen molar-refractivity contribution >= 4 is 27.4 Å². The molecule has 8 heteroatoms. The second-order valence-electron chi connectivity index (χ2n) is 6.70. The highest BCUT2D eigenvalue weighted by atomic mass is 32.2. The van der Waals surface area contributed by atoms with Crippen molar-refractivity contribution in [2.45, 2.75) is 11.3 Å². The summed E-state index contributed by atoms with van der Waals surface area (Å²) in [6, 6.07) is 20.8. The maximum atomic E-state index is 13.1. The first-order valence-electron chi connectivity index (χ1n) is 9.60. The second-order valence-corrected chi connectivity index (χ2v) is 8.35. The fourth-order valence-electron chi connectivity index (χ4n) is 2.99. The average molecular weight is 441 g/mol. The minimum absolute atomic E-state index is 0.0423. The van der Waals surface area contributed by atoms with Crippen LogP contribution in [0.15, 0.2) is 77.7 Å². The van der Waals surface area contributed by atoms with Crippen molar-refractivity contribution in [1.29, 1.82) is 0 Å². The summed E-state index contributed by atoms with van der Waals surface area (Å²) in [6.07, 6.45) is 0.713. The number of carbonyl (C=O) groups excluding carboxylic acids is 1. The van der Waals surface area contributed by atoms with Crippen molar-refractivity contribution < 1.29 is 22.7 Å². The molecule has 0 saturated carbocycles. The smallest absolute Gasteiger partial charge is 0.337 e. The molecule has 31 heavy (non-hydrogen) atoms. The van der Waals surface area contributed by atoms with Crippen LogP contribution in [0.4, 0.5) is 11.4 Å². The van der Waals surface area contributed by atoms with Gasteiger partial charge >= 0.3 is 5.97 Å². The van der Waals surface area contributed by atoms with E-state index in [9.17, 15) is 13.2 Å². The summed E-state index contributed by atoms with van der Waals surface area (Å²) >= 11 is 0. The van der Waals surface area contributed by atoms with Gasteiger partial charge in [0.05, 0.1) is 25.5 Å². The zero-order valence-electron chi connectivity index (χ0n) is 17.3. The second kappa shape index (κ2) is 9.99. The van der Waals surface area contributed by atoms with Crippen molar-refractivity contribution in [2.24, 2.45) is 0 Å². The van der Waals surface area contributed by atoms with Crippen LogP contribution in [-0.4, -0.2) is 35.2 Å². The zero-order valence-corrected chi connectivity index (χ0v) is 18.1. The molecule has 0 aliphatic carbocycles. The Balaban J connectivity index is 1.87. The first-order valence-corrected chi connectivity index (χ1v) is 11.1. The van der Waals surface area contributed by atoms with Gasteiger partial charge < -0.3 is 14.8 Å². The van der Waals surface area contributed by atoms with Crippen LogP contribution in [0.5, 0.6) is 5.75 Å². The van der Waals surface area contributed by atoms with E-state index >= 15 is 0 Å². The fraction of sp³-hybridized carbons (Fsp3) is 0.174. The highest BCUT2D eigenvalue weighted by molar-refractivity contribution is 7.92. The molecule has 0 fully saturated rings. The number of carbonyl (C=O) groups is 1. The molecule has 0 amide bonds. The monoisotopic (exact) mass is 440 g/mol. The number of hydrogen-bond donors (Lipinski definition) is 2. The van der Waals surface area contributed by atoms with E-state index in [0.717, 1.165) is 5.56 Å². The Kier molecular flexibility index (Phi) is 7.15. The zero-order chi connectivity index (χ0) is 22.3. The number of methoxy groups -OCH3 is 2. The lowest BCUT2D eigenvalue weighted by Gasteiger charge is -2.15. The highest BCUT2D eigenvalue weighted by Gasteiger charge is 2.21. The van der Waals surface area contributed by atoms with Crippen molar-refractivity contribution in [3.8, 4) is 5.75 Å². The minimum Gasteiger partial charge on any atom is -0.497 e. The Bertz CT molecular complexity index is 1130. The van der Waals surface area contributed by atoms with Gasteiger partial charge in [-0.3, -0.25) is 4.72 Å². The van der Waals surface area contributed by atoms with E-state index in [2.05, 4.69) is 10.0 Å². The molecule has 0 aliphatic heterocycles. The number of sulfonamides is 1. The maximum absolute atomic E-state index is 13.1. The third-order valence-electron chi connectivity index (χ3n) is 4.61. The lowest BCUT2D eigenvalue weighted by atomic mass is 10.1. The van der Waals surface area contributed by atoms with E-state index in [1.54, 1.807) is 30.3 Å². The normalized spacial score (nSPS) is 10.9. The number of anilines is 2. The van der Waals surface area contributed by atoms with Gasteiger partial charge in [-0.15, -0.1) is 0 Å². The molecule has 3 aromatic rings. The van der Waals surface area contributed by atoms with Crippen LogP contribution in [0, 0.1) is 0 Å². The van der Waals surface area contributed by atoms with Gasteiger partial charge in [0.25, 0.3) is 10.0 Å². The SMILES string of the molecule is COC(=O)c1ccc(NCCc2ccccc2)c(S(=O)(=O)Nc2ccc(OC)cc2)c1. The van der Waals surface area contributed by atoms with E-state index in [4.69, 9.17) is 9.47 Å². The molecule has 0 radical (unpaired) electrons. The van der Waals surface area contributed by atoms with Gasteiger partial charge in [-0.2, -0.15) is 0 Å². The number of benzene rings is 3. The van der Waals surface area contributed by atoms with Gasteiger partial charge in [0.15, 0.2) is 0 Å². The lowest BCUT2D eigenvalue weighted by molar-refractivity contribution is 0.0600. The molecule has 3 rings (SSSR count). The van der Waals surface area contributed by atoms with E-state index in [-0.39, 0.29) is 10.5 Å². The third kappa shape index (κ3) is 5.76. The molecule has 0 aromatic heterocycles. The van der Waals surface area contributed by atoms with Gasteiger partial charge in [0.1, 0.15) is 10.6 Å². The number of rotatable bonds is 9. The first-order chi connectivity index (χ1) is 14.9. The minimum atomic E-state index is -3.98. The van der Waals surface area contributed by atoms with E-state index in [1.807, 2.05) is 30.3 Å². The van der Waals surface area contributed by atoms with Crippen LogP contribution in [-0.2, 0) is 21.2 Å². The van der Waals surface area contributed by atoms with E-state index in [1.165, 1.54) is 26.4 Å². The number of hydrogen-bond acceptors (Lipinski definition) is 6. The summed E-state index contributed by atoms with van der Waals surface area (Å²) in [7, 11) is -1.20. The Hall–Kier alpha value is -3.52. The predicted molar refractivity (Wildman–Crippen MR) is 120 cm³/mol. The summed E-state index contributed by atoms with van der Waals surface area (Å²) in [6.45, 7) is 0.520. The Morgan fingerprint density at radius 1 is 0.935 bits per heavy atom. The van der Waals surface area contributed by atoms with Crippen LogP contribution >= 0.6 is 0 Å². The molecule has 0 heterocycles. The molecular weight excluding hydrogens is 416 g/mol. The number of ether oxygens (including phenoxy) is 2. The third-order valence-corrected chi connectivity index (χ3v) is 6.03. The average Bonchev–Trinajstić information content (AvgIpc) is 2.79. The molecule has 3 aromatic carbocycles. The van der Waals surface area contributed by atoms with Gasteiger partial charge in [0.2, 0.25) is 0 Å². The topological polar surface area (TPSA) is 93.7 Å². The van der Waals surface area contributed by atoms with E-state index < -0.39 is 16.0 Å². The van der Waals surface area contributed by atoms with Crippen LogP contribution in [0.25, 0.3) is 0 Å². The standard InChI is InChI=1S/C23H24N2O5S/c1-29-20-11-9-19(10-12-20)25-31(27,28)22-16-18(23(26)30-2)8-13-21(22)24-15-14-17-6-4-3-5-7-17/h3-13,16,24-25H,14-15H2,1-2H3. The molecule has 0 bridgehead atoms. The summed E-state index contributed by atoms with van der Waals surface area (Å²) in [5, 5.41) is 3.16. The van der Waals surface area contributed by atoms with Gasteiger partial charge in [-0.05, 0) is 54.4 Å². The van der Waals surface area contributed by atoms with Crippen LogP contribution in [0.3, 0.4) is 0 Å². The van der Waals surface area contributed by atoms with Crippen LogP contribution in [0.2, 0.25) is 0 Å². The molecular formula is C23H24N2O5S. The fourth-order valence-corrected chi connectivity index (χ4v) is 4.26. The maximum Gasteiger partial charge on any atom is 0.337 e. The summed E-state index contributed by atoms with van der Waals surface area (Å²) in [5.41, 5.74) is 2.04. The molecule has 2 N–H and O–H groups in total. The predicted octanol–water partition coefficient (Wildman–Crippen LogP) is 3.94. The van der Waals surface area contributed by atoms with E-state index in [0.29, 0.717) is 30.1 Å². The highest BCUT2D eigenvalue weighted by Crippen LogP contribution is 2.26. The lowest BCUT2D eigenvalue weighted by Crippen LogP contribution is -2.17. The summed E-state index contributed by atoms with van der Waals surface area (Å²) in [4.78, 5) is 11.9. The van der Waals surface area contributed by atoms with Crippen molar-refractivity contribution in [3.63, 3.8) is 0 Å². The molecule has 0 spiro atoms. The van der Waals surface area contributed by atoms with Crippen molar-refractivity contribution in [1.82, 2.24) is 0 Å². The van der Waals surface area contributed by atoms with Gasteiger partial charge in [0, 0.05) is 12.2 Å². The molecule has 162 valence electrons. The first kappa shape index (κ1) is 22.2. The molecule has 7 nitrogen and oxygen atoms in total. The molecule has 0 unspecified atom stereocenters. The van der Waals surface area contributed by atoms with Crippen molar-refractivity contribution in [2.75, 3.05) is 30.8 Å². The molecule has 0 aliphatic rings. The summed E-state index contributed by atoms with van der Waals surface area (Å²) < 4.78 is 38.7. The Labute approximate surface area is 182 Å². The summed E-state index contributed by atoms with van der Waals surface area (Å²) in [5.74, 6) is -0.00404. The molecule has 0 saturated heterocycles. The number of esters is 1. The molecule has 0 atom stereocenters. The van der Waals surface area contributed by atoms with Gasteiger partial charge in [-0.1, -0.05) is 30.3 Å². The van der Waals surface area contributed by atoms with Crippen molar-refractivity contribution in [3.05, 3.63) is 83.9 Å². The largest absolute Gasteiger partial charge is 0.497 e. The van der Waals surface area contributed by atoms with Crippen LogP contribution < -0.4 is 14.8 Å².